The van der Waals surface area contributed by atoms with Crippen LogP contribution in [-0.2, 0) is 9.53 Å². The van der Waals surface area contributed by atoms with Crippen molar-refractivity contribution in [2.24, 2.45) is 11.7 Å². The van der Waals surface area contributed by atoms with Crippen LogP contribution >= 0.6 is 0 Å². The lowest BCUT2D eigenvalue weighted by molar-refractivity contribution is -0.142. The molecule has 0 bridgehead atoms. The number of amides is 1. The van der Waals surface area contributed by atoms with E-state index in [0.29, 0.717) is 26.2 Å². The fraction of sp³-hybridized carbons (Fsp3) is 0.909. The zero-order chi connectivity index (χ0) is 11.3. The average Bonchev–Trinajstić information content (AvgIpc) is 2.28. The zero-order valence-corrected chi connectivity index (χ0v) is 9.74. The molecular formula is C11H22N2O2. The molecule has 15 heavy (non-hydrogen) atoms. The lowest BCUT2D eigenvalue weighted by Crippen LogP contribution is -2.49. The largest absolute Gasteiger partial charge is 0.373 e. The van der Waals surface area contributed by atoms with E-state index in [1.165, 1.54) is 0 Å². The zero-order valence-electron chi connectivity index (χ0n) is 9.74. The van der Waals surface area contributed by atoms with Crippen molar-refractivity contribution in [1.29, 1.82) is 0 Å². The van der Waals surface area contributed by atoms with Gasteiger partial charge >= 0.3 is 0 Å². The van der Waals surface area contributed by atoms with Crippen LogP contribution in [0.1, 0.15) is 26.7 Å². The van der Waals surface area contributed by atoms with Gasteiger partial charge in [0.2, 0.25) is 5.91 Å². The highest BCUT2D eigenvalue weighted by Crippen LogP contribution is 2.12. The summed E-state index contributed by atoms with van der Waals surface area (Å²) in [6, 6.07) is 0. The van der Waals surface area contributed by atoms with Gasteiger partial charge in [0.1, 0.15) is 0 Å². The number of rotatable bonds is 4. The molecule has 0 aromatic rings. The Labute approximate surface area is 91.8 Å². The Morgan fingerprint density at radius 3 is 3.00 bits per heavy atom. The van der Waals surface area contributed by atoms with Gasteiger partial charge in [0.15, 0.2) is 0 Å². The predicted octanol–water partition coefficient (Wildman–Crippen LogP) is 0.609. The van der Waals surface area contributed by atoms with Crippen molar-refractivity contribution in [2.75, 3.05) is 26.2 Å². The highest BCUT2D eigenvalue weighted by molar-refractivity contribution is 5.78. The molecule has 0 saturated carbocycles. The lowest BCUT2D eigenvalue weighted by atomic mass is 10.0. The molecule has 0 aromatic carbocycles. The SMILES string of the molecule is CCCC(C)C(=O)N1CCOC(CN)C1. The maximum Gasteiger partial charge on any atom is 0.225 e. The van der Waals surface area contributed by atoms with Gasteiger partial charge in [-0.15, -0.1) is 0 Å². The van der Waals surface area contributed by atoms with Gasteiger partial charge in [0.25, 0.3) is 0 Å². The third-order valence-electron chi connectivity index (χ3n) is 2.86. The van der Waals surface area contributed by atoms with Crippen molar-refractivity contribution < 1.29 is 9.53 Å². The molecule has 4 heteroatoms. The number of ether oxygens (including phenoxy) is 1. The third-order valence-corrected chi connectivity index (χ3v) is 2.86. The topological polar surface area (TPSA) is 55.6 Å². The summed E-state index contributed by atoms with van der Waals surface area (Å²) in [5.41, 5.74) is 5.54. The van der Waals surface area contributed by atoms with Crippen molar-refractivity contribution in [2.45, 2.75) is 32.8 Å². The first kappa shape index (κ1) is 12.5. The third kappa shape index (κ3) is 3.47. The number of hydrogen-bond donors (Lipinski definition) is 1. The van der Waals surface area contributed by atoms with E-state index in [1.807, 2.05) is 11.8 Å². The van der Waals surface area contributed by atoms with Crippen molar-refractivity contribution in [3.05, 3.63) is 0 Å². The average molecular weight is 214 g/mol. The first-order chi connectivity index (χ1) is 7.19. The van der Waals surface area contributed by atoms with E-state index in [9.17, 15) is 4.79 Å². The summed E-state index contributed by atoms with van der Waals surface area (Å²) in [5.74, 6) is 0.380. The molecule has 0 aromatic heterocycles. The number of morpholine rings is 1. The molecule has 0 radical (unpaired) electrons. The number of carbonyl (C=O) groups excluding carboxylic acids is 1. The van der Waals surface area contributed by atoms with Crippen LogP contribution in [0.5, 0.6) is 0 Å². The van der Waals surface area contributed by atoms with E-state index >= 15 is 0 Å². The summed E-state index contributed by atoms with van der Waals surface area (Å²) >= 11 is 0. The Balaban J connectivity index is 2.44. The number of nitrogens with two attached hydrogens (primary N) is 1. The smallest absolute Gasteiger partial charge is 0.225 e. The van der Waals surface area contributed by atoms with Gasteiger partial charge in [-0.05, 0) is 6.42 Å². The molecular weight excluding hydrogens is 192 g/mol. The van der Waals surface area contributed by atoms with E-state index < -0.39 is 0 Å². The fourth-order valence-corrected chi connectivity index (χ4v) is 1.93. The maximum absolute atomic E-state index is 12.0. The summed E-state index contributed by atoms with van der Waals surface area (Å²) in [6.07, 6.45) is 2.04. The second kappa shape index (κ2) is 6.08. The molecule has 2 unspecified atom stereocenters. The Kier molecular flexibility index (Phi) is 5.05. The van der Waals surface area contributed by atoms with Crippen LogP contribution in [0.4, 0.5) is 0 Å². The number of nitrogens with zero attached hydrogens (tertiary/aromatic N) is 1. The minimum Gasteiger partial charge on any atom is -0.373 e. The maximum atomic E-state index is 12.0. The van der Waals surface area contributed by atoms with Gasteiger partial charge in [0, 0.05) is 25.6 Å². The molecule has 0 spiro atoms. The quantitative estimate of drug-likeness (QED) is 0.746. The van der Waals surface area contributed by atoms with Crippen LogP contribution in [0.15, 0.2) is 0 Å². The molecule has 2 N–H and O–H groups in total. The molecule has 0 aliphatic carbocycles. The molecule has 1 rings (SSSR count). The van der Waals surface area contributed by atoms with E-state index in [-0.39, 0.29) is 17.9 Å². The van der Waals surface area contributed by atoms with Gasteiger partial charge in [0.05, 0.1) is 12.7 Å². The van der Waals surface area contributed by atoms with Gasteiger partial charge in [-0.3, -0.25) is 4.79 Å². The first-order valence-electron chi connectivity index (χ1n) is 5.79. The lowest BCUT2D eigenvalue weighted by Gasteiger charge is -2.34. The number of carbonyl (C=O) groups is 1. The first-order valence-corrected chi connectivity index (χ1v) is 5.79. The monoisotopic (exact) mass is 214 g/mol. The molecule has 1 fully saturated rings. The second-order valence-corrected chi connectivity index (χ2v) is 4.20. The predicted molar refractivity (Wildman–Crippen MR) is 59.4 cm³/mol. The van der Waals surface area contributed by atoms with Crippen molar-refractivity contribution in [1.82, 2.24) is 4.90 Å². The van der Waals surface area contributed by atoms with Crippen LogP contribution in [0.25, 0.3) is 0 Å². The van der Waals surface area contributed by atoms with Gasteiger partial charge in [-0.2, -0.15) is 0 Å². The molecule has 1 aliphatic heterocycles. The Hall–Kier alpha value is -0.610. The normalized spacial score (nSPS) is 23.9. The molecule has 4 nitrogen and oxygen atoms in total. The summed E-state index contributed by atoms with van der Waals surface area (Å²) in [6.45, 7) is 6.58. The van der Waals surface area contributed by atoms with Crippen LogP contribution in [0.3, 0.4) is 0 Å². The molecule has 2 atom stereocenters. The van der Waals surface area contributed by atoms with E-state index in [0.717, 1.165) is 12.8 Å². The van der Waals surface area contributed by atoms with E-state index in [1.54, 1.807) is 0 Å². The van der Waals surface area contributed by atoms with Crippen LogP contribution in [-0.4, -0.2) is 43.2 Å². The summed E-state index contributed by atoms with van der Waals surface area (Å²) in [7, 11) is 0. The molecule has 1 aliphatic rings. The fourth-order valence-electron chi connectivity index (χ4n) is 1.93. The highest BCUT2D eigenvalue weighted by atomic mass is 16.5. The minimum atomic E-state index is 0.0246. The van der Waals surface area contributed by atoms with E-state index in [2.05, 4.69) is 6.92 Å². The van der Waals surface area contributed by atoms with Gasteiger partial charge < -0.3 is 15.4 Å². The second-order valence-electron chi connectivity index (χ2n) is 4.20. The molecule has 1 saturated heterocycles. The minimum absolute atomic E-state index is 0.0246. The highest BCUT2D eigenvalue weighted by Gasteiger charge is 2.25. The van der Waals surface area contributed by atoms with Crippen molar-refractivity contribution in [3.8, 4) is 0 Å². The molecule has 1 heterocycles. The summed E-state index contributed by atoms with van der Waals surface area (Å²) in [4.78, 5) is 13.9. The number of hydrogen-bond acceptors (Lipinski definition) is 3. The van der Waals surface area contributed by atoms with Crippen LogP contribution in [0, 0.1) is 5.92 Å². The van der Waals surface area contributed by atoms with Crippen molar-refractivity contribution in [3.63, 3.8) is 0 Å². The van der Waals surface area contributed by atoms with Gasteiger partial charge in [-0.25, -0.2) is 0 Å². The summed E-state index contributed by atoms with van der Waals surface area (Å²) in [5, 5.41) is 0. The van der Waals surface area contributed by atoms with Gasteiger partial charge in [-0.1, -0.05) is 20.3 Å². The summed E-state index contributed by atoms with van der Waals surface area (Å²) < 4.78 is 5.43. The van der Waals surface area contributed by atoms with Crippen LogP contribution < -0.4 is 5.73 Å². The van der Waals surface area contributed by atoms with Crippen LogP contribution in [0.2, 0.25) is 0 Å². The standard InChI is InChI=1S/C11H22N2O2/c1-3-4-9(2)11(14)13-5-6-15-10(7-12)8-13/h9-10H,3-8,12H2,1-2H3. The Bertz CT molecular complexity index is 209. The Morgan fingerprint density at radius 2 is 2.40 bits per heavy atom. The van der Waals surface area contributed by atoms with E-state index in [4.69, 9.17) is 10.5 Å². The molecule has 88 valence electrons. The molecule has 1 amide bonds. The Morgan fingerprint density at radius 1 is 1.67 bits per heavy atom. The van der Waals surface area contributed by atoms with Crippen molar-refractivity contribution >= 4 is 5.91 Å².